The van der Waals surface area contributed by atoms with E-state index in [1.54, 1.807) is 6.92 Å². The molecule has 0 aliphatic heterocycles. The maximum atomic E-state index is 5.02. The SMILES string of the molecule is Cc1noc(NC(C)c2ccccc2C)n1. The van der Waals surface area contributed by atoms with E-state index in [1.807, 2.05) is 12.1 Å². The van der Waals surface area contributed by atoms with Crippen LogP contribution >= 0.6 is 0 Å². The largest absolute Gasteiger partial charge is 0.331 e. The minimum Gasteiger partial charge on any atom is -0.331 e. The third kappa shape index (κ3) is 2.21. The third-order valence-electron chi connectivity index (χ3n) is 2.52. The number of benzene rings is 1. The summed E-state index contributed by atoms with van der Waals surface area (Å²) in [6.07, 6.45) is 0. The van der Waals surface area contributed by atoms with Crippen LogP contribution in [-0.2, 0) is 0 Å². The molecule has 0 spiro atoms. The summed E-state index contributed by atoms with van der Waals surface area (Å²) in [6.45, 7) is 5.96. The number of aromatic nitrogens is 2. The van der Waals surface area contributed by atoms with Crippen molar-refractivity contribution in [1.82, 2.24) is 10.1 Å². The Hall–Kier alpha value is -1.84. The van der Waals surface area contributed by atoms with Gasteiger partial charge < -0.3 is 9.84 Å². The first-order valence-electron chi connectivity index (χ1n) is 5.29. The van der Waals surface area contributed by atoms with E-state index in [4.69, 9.17) is 4.52 Å². The summed E-state index contributed by atoms with van der Waals surface area (Å²) < 4.78 is 5.02. The van der Waals surface area contributed by atoms with E-state index in [9.17, 15) is 0 Å². The van der Waals surface area contributed by atoms with E-state index in [-0.39, 0.29) is 6.04 Å². The van der Waals surface area contributed by atoms with Gasteiger partial charge in [0.2, 0.25) is 0 Å². The maximum Gasteiger partial charge on any atom is 0.321 e. The smallest absolute Gasteiger partial charge is 0.321 e. The van der Waals surface area contributed by atoms with Gasteiger partial charge in [0.25, 0.3) is 0 Å². The van der Waals surface area contributed by atoms with Crippen LogP contribution in [0.5, 0.6) is 0 Å². The van der Waals surface area contributed by atoms with Crippen LogP contribution in [0.4, 0.5) is 6.01 Å². The fourth-order valence-electron chi connectivity index (χ4n) is 1.69. The lowest BCUT2D eigenvalue weighted by molar-refractivity contribution is 0.422. The van der Waals surface area contributed by atoms with Gasteiger partial charge in [-0.2, -0.15) is 4.98 Å². The molecular weight excluding hydrogens is 202 g/mol. The Morgan fingerprint density at radius 1 is 1.25 bits per heavy atom. The molecule has 4 heteroatoms. The van der Waals surface area contributed by atoms with Gasteiger partial charge in [-0.1, -0.05) is 29.4 Å². The number of anilines is 1. The van der Waals surface area contributed by atoms with Crippen molar-refractivity contribution in [1.29, 1.82) is 0 Å². The molecule has 1 unspecified atom stereocenters. The molecule has 1 heterocycles. The molecule has 0 aliphatic carbocycles. The van der Waals surface area contributed by atoms with Crippen molar-refractivity contribution >= 4 is 6.01 Å². The van der Waals surface area contributed by atoms with Crippen LogP contribution in [0.25, 0.3) is 0 Å². The van der Waals surface area contributed by atoms with E-state index in [0.717, 1.165) is 0 Å². The van der Waals surface area contributed by atoms with Gasteiger partial charge in [0.1, 0.15) is 0 Å². The molecule has 1 aromatic heterocycles. The fourth-order valence-corrected chi connectivity index (χ4v) is 1.69. The van der Waals surface area contributed by atoms with Crippen LogP contribution in [0.3, 0.4) is 0 Å². The minimum atomic E-state index is 0.154. The Balaban J connectivity index is 2.14. The van der Waals surface area contributed by atoms with Crippen molar-refractivity contribution in [2.45, 2.75) is 26.8 Å². The maximum absolute atomic E-state index is 5.02. The molecule has 1 aromatic carbocycles. The second-order valence-corrected chi connectivity index (χ2v) is 3.87. The standard InChI is InChI=1S/C12H15N3O/c1-8-6-4-5-7-11(8)9(2)13-12-14-10(3)15-16-12/h4-7,9H,1-3H3,(H,13,14,15). The summed E-state index contributed by atoms with van der Waals surface area (Å²) in [7, 11) is 0. The minimum absolute atomic E-state index is 0.154. The average Bonchev–Trinajstić information content (AvgIpc) is 2.64. The summed E-state index contributed by atoms with van der Waals surface area (Å²) in [6, 6.07) is 8.86. The zero-order valence-electron chi connectivity index (χ0n) is 9.69. The van der Waals surface area contributed by atoms with Crippen LogP contribution in [0.2, 0.25) is 0 Å². The third-order valence-corrected chi connectivity index (χ3v) is 2.52. The van der Waals surface area contributed by atoms with Crippen LogP contribution < -0.4 is 5.32 Å². The fraction of sp³-hybridized carbons (Fsp3) is 0.333. The number of hydrogen-bond acceptors (Lipinski definition) is 4. The normalized spacial score (nSPS) is 12.4. The highest BCUT2D eigenvalue weighted by Gasteiger charge is 2.10. The lowest BCUT2D eigenvalue weighted by Gasteiger charge is -2.14. The van der Waals surface area contributed by atoms with Gasteiger partial charge in [0.15, 0.2) is 5.82 Å². The molecule has 0 amide bonds. The number of nitrogens with one attached hydrogen (secondary N) is 1. The Kier molecular flexibility index (Phi) is 2.90. The van der Waals surface area contributed by atoms with Crippen molar-refractivity contribution in [3.8, 4) is 0 Å². The second-order valence-electron chi connectivity index (χ2n) is 3.87. The topological polar surface area (TPSA) is 51.0 Å². The molecule has 1 N–H and O–H groups in total. The first-order chi connectivity index (χ1) is 7.66. The first-order valence-corrected chi connectivity index (χ1v) is 5.29. The van der Waals surface area contributed by atoms with Crippen LogP contribution in [0, 0.1) is 13.8 Å². The average molecular weight is 217 g/mol. The molecule has 0 fully saturated rings. The molecular formula is C12H15N3O. The number of hydrogen-bond donors (Lipinski definition) is 1. The molecule has 4 nitrogen and oxygen atoms in total. The quantitative estimate of drug-likeness (QED) is 0.858. The zero-order valence-corrected chi connectivity index (χ0v) is 9.69. The highest BCUT2D eigenvalue weighted by Crippen LogP contribution is 2.20. The molecule has 2 aromatic rings. The molecule has 2 rings (SSSR count). The van der Waals surface area contributed by atoms with E-state index >= 15 is 0 Å². The van der Waals surface area contributed by atoms with E-state index < -0.39 is 0 Å². The molecule has 1 atom stereocenters. The summed E-state index contributed by atoms with van der Waals surface area (Å²) in [5.74, 6) is 0.638. The second kappa shape index (κ2) is 4.35. The molecule has 0 bridgehead atoms. The molecule has 0 saturated carbocycles. The van der Waals surface area contributed by atoms with Crippen molar-refractivity contribution in [3.05, 3.63) is 41.2 Å². The molecule has 84 valence electrons. The zero-order chi connectivity index (χ0) is 11.5. The summed E-state index contributed by atoms with van der Waals surface area (Å²) >= 11 is 0. The lowest BCUT2D eigenvalue weighted by Crippen LogP contribution is -2.08. The summed E-state index contributed by atoms with van der Waals surface area (Å²) in [4.78, 5) is 4.12. The van der Waals surface area contributed by atoms with E-state index in [1.165, 1.54) is 11.1 Å². The number of rotatable bonds is 3. The lowest BCUT2D eigenvalue weighted by atomic mass is 10.0. The van der Waals surface area contributed by atoms with Crippen molar-refractivity contribution in [2.75, 3.05) is 5.32 Å². The molecule has 0 radical (unpaired) electrons. The van der Waals surface area contributed by atoms with Crippen LogP contribution in [0.1, 0.15) is 29.9 Å². The predicted octanol–water partition coefficient (Wildman–Crippen LogP) is 2.86. The van der Waals surface area contributed by atoms with E-state index in [2.05, 4.69) is 41.4 Å². The van der Waals surface area contributed by atoms with Crippen molar-refractivity contribution < 1.29 is 4.52 Å². The van der Waals surface area contributed by atoms with Gasteiger partial charge >= 0.3 is 6.01 Å². The molecule has 16 heavy (non-hydrogen) atoms. The first kappa shape index (κ1) is 10.7. The monoisotopic (exact) mass is 217 g/mol. The Morgan fingerprint density at radius 3 is 2.62 bits per heavy atom. The highest BCUT2D eigenvalue weighted by atomic mass is 16.5. The van der Waals surface area contributed by atoms with Crippen LogP contribution in [0.15, 0.2) is 28.8 Å². The molecule has 0 saturated heterocycles. The van der Waals surface area contributed by atoms with Crippen molar-refractivity contribution in [2.24, 2.45) is 0 Å². The van der Waals surface area contributed by atoms with Crippen LogP contribution in [-0.4, -0.2) is 10.1 Å². The van der Waals surface area contributed by atoms with Crippen molar-refractivity contribution in [3.63, 3.8) is 0 Å². The number of nitrogens with zero attached hydrogens (tertiary/aromatic N) is 2. The van der Waals surface area contributed by atoms with Gasteiger partial charge in [0, 0.05) is 0 Å². The highest BCUT2D eigenvalue weighted by molar-refractivity contribution is 5.34. The Bertz CT molecular complexity index is 479. The Labute approximate surface area is 94.7 Å². The summed E-state index contributed by atoms with van der Waals surface area (Å²) in [5, 5.41) is 6.92. The van der Waals surface area contributed by atoms with Gasteiger partial charge in [-0.25, -0.2) is 0 Å². The van der Waals surface area contributed by atoms with Gasteiger partial charge in [-0.05, 0) is 31.9 Å². The van der Waals surface area contributed by atoms with E-state index in [0.29, 0.717) is 11.8 Å². The van der Waals surface area contributed by atoms with Gasteiger partial charge in [-0.15, -0.1) is 0 Å². The molecule has 0 aliphatic rings. The van der Waals surface area contributed by atoms with Gasteiger partial charge in [-0.3, -0.25) is 0 Å². The Morgan fingerprint density at radius 2 is 2.00 bits per heavy atom. The summed E-state index contributed by atoms with van der Waals surface area (Å²) in [5.41, 5.74) is 2.48. The van der Waals surface area contributed by atoms with Gasteiger partial charge in [0.05, 0.1) is 6.04 Å². The number of aryl methyl sites for hydroxylation is 2. The predicted molar refractivity (Wildman–Crippen MR) is 62.3 cm³/mol.